The highest BCUT2D eigenvalue weighted by Crippen LogP contribution is 2.37. The number of aryl methyl sites for hydroxylation is 1. The average molecular weight is 454 g/mol. The molecule has 0 spiro atoms. The van der Waals surface area contributed by atoms with E-state index in [0.29, 0.717) is 23.7 Å². The van der Waals surface area contributed by atoms with E-state index in [0.717, 1.165) is 42.8 Å². The molecule has 1 saturated heterocycles. The van der Waals surface area contributed by atoms with Gasteiger partial charge in [-0.2, -0.15) is 0 Å². The second-order valence-corrected chi connectivity index (χ2v) is 8.64. The number of allylic oxidation sites excluding steroid dienone is 2. The molecule has 1 atom stereocenters. The van der Waals surface area contributed by atoms with Crippen molar-refractivity contribution in [2.24, 2.45) is 15.9 Å². The Balaban J connectivity index is 1.82. The Labute approximate surface area is 195 Å². The number of benzene rings is 1. The van der Waals surface area contributed by atoms with Crippen LogP contribution in [0.3, 0.4) is 0 Å². The van der Waals surface area contributed by atoms with E-state index in [-0.39, 0.29) is 6.17 Å². The number of rotatable bonds is 7. The van der Waals surface area contributed by atoms with Crippen molar-refractivity contribution >= 4 is 23.1 Å². The van der Waals surface area contributed by atoms with E-state index >= 15 is 0 Å². The summed E-state index contributed by atoms with van der Waals surface area (Å²) in [7, 11) is 0. The molecule has 170 valence electrons. The molecular formula is C25H32ClN5O. The van der Waals surface area contributed by atoms with Crippen molar-refractivity contribution in [1.29, 1.82) is 0 Å². The maximum atomic E-state index is 11.9. The fourth-order valence-electron chi connectivity index (χ4n) is 4.36. The van der Waals surface area contributed by atoms with Crippen LogP contribution in [-0.4, -0.2) is 35.5 Å². The van der Waals surface area contributed by atoms with Crippen LogP contribution in [0, 0.1) is 11.8 Å². The molecule has 0 bridgehead atoms. The van der Waals surface area contributed by atoms with Crippen LogP contribution in [0.5, 0.6) is 0 Å². The topological polar surface area (TPSA) is 74.3 Å². The normalized spacial score (nSPS) is 20.4. The van der Waals surface area contributed by atoms with Gasteiger partial charge in [0.25, 0.3) is 0 Å². The molecule has 1 unspecified atom stereocenters. The molecule has 0 saturated carbocycles. The molecule has 1 aromatic carbocycles. The molecule has 0 radical (unpaired) electrons. The van der Waals surface area contributed by atoms with Crippen LogP contribution in [0.2, 0.25) is 0 Å². The Morgan fingerprint density at radius 3 is 2.59 bits per heavy atom. The standard InChI is InChI=1S/C25H32ClN5O/c1-4-31(23-13-9-8-10-19(23)2)24(22(26)18-27)28-20(3)30-16-14-25(29-32,15-17-30)21-11-6-5-7-12-21/h4,6,8-13,18,20H,1,5,7,14-17,27H2,2-3H3/b22-18+,28-24+. The Kier molecular flexibility index (Phi) is 8.04. The van der Waals surface area contributed by atoms with Gasteiger partial charge in [-0.1, -0.05) is 59.8 Å². The number of aliphatic imine (C=N–C) groups is 1. The fraction of sp³-hybridized carbons (Fsp3) is 0.400. The number of nitrogens with zero attached hydrogens (tertiary/aromatic N) is 4. The molecule has 3 rings (SSSR count). The molecule has 32 heavy (non-hydrogen) atoms. The second-order valence-electron chi connectivity index (χ2n) is 8.24. The summed E-state index contributed by atoms with van der Waals surface area (Å²) in [5.41, 5.74) is 8.19. The van der Waals surface area contributed by atoms with Crippen LogP contribution in [0.1, 0.15) is 38.2 Å². The third-order valence-corrected chi connectivity index (χ3v) is 6.61. The molecule has 1 fully saturated rings. The van der Waals surface area contributed by atoms with Gasteiger partial charge in [0.2, 0.25) is 0 Å². The SMILES string of the molecule is C=CN(C(=N/C(C)N1CCC(N=O)(C2=CCCC=C2)CC1)/C(Cl)=C\N)c1ccccc1C. The molecule has 1 aliphatic heterocycles. The van der Waals surface area contributed by atoms with E-state index in [1.165, 1.54) is 6.20 Å². The largest absolute Gasteiger partial charge is 0.403 e. The smallest absolute Gasteiger partial charge is 0.154 e. The van der Waals surface area contributed by atoms with Gasteiger partial charge in [0, 0.05) is 31.2 Å². The third kappa shape index (κ3) is 5.03. The lowest BCUT2D eigenvalue weighted by molar-refractivity contribution is 0.143. The van der Waals surface area contributed by atoms with Crippen molar-refractivity contribution in [2.45, 2.75) is 51.2 Å². The van der Waals surface area contributed by atoms with Crippen molar-refractivity contribution < 1.29 is 0 Å². The monoisotopic (exact) mass is 453 g/mol. The van der Waals surface area contributed by atoms with Crippen LogP contribution in [0.15, 0.2) is 82.2 Å². The molecule has 2 aliphatic rings. The number of likely N-dealkylation sites (tertiary alicyclic amines) is 1. The Hall–Kier alpha value is -2.70. The number of piperidine rings is 1. The van der Waals surface area contributed by atoms with Gasteiger partial charge < -0.3 is 10.6 Å². The highest BCUT2D eigenvalue weighted by Gasteiger charge is 2.40. The average Bonchev–Trinajstić information content (AvgIpc) is 2.84. The van der Waals surface area contributed by atoms with Crippen molar-refractivity contribution in [3.8, 4) is 0 Å². The van der Waals surface area contributed by atoms with E-state index in [9.17, 15) is 4.91 Å². The number of amidine groups is 1. The van der Waals surface area contributed by atoms with Gasteiger partial charge in [-0.25, -0.2) is 4.99 Å². The zero-order valence-corrected chi connectivity index (χ0v) is 19.6. The summed E-state index contributed by atoms with van der Waals surface area (Å²) in [5.74, 6) is 0.536. The van der Waals surface area contributed by atoms with Crippen molar-refractivity contribution in [2.75, 3.05) is 18.0 Å². The van der Waals surface area contributed by atoms with Crippen LogP contribution in [-0.2, 0) is 0 Å². The van der Waals surface area contributed by atoms with E-state index in [1.54, 1.807) is 6.20 Å². The third-order valence-electron chi connectivity index (χ3n) is 6.32. The van der Waals surface area contributed by atoms with Gasteiger partial charge in [-0.15, -0.1) is 4.91 Å². The first kappa shape index (κ1) is 24.0. The molecule has 2 N–H and O–H groups in total. The van der Waals surface area contributed by atoms with Gasteiger partial charge in [0.1, 0.15) is 11.7 Å². The van der Waals surface area contributed by atoms with Gasteiger partial charge in [-0.05, 0) is 56.7 Å². The number of hydrogen-bond donors (Lipinski definition) is 1. The Bertz CT molecular complexity index is 957. The van der Waals surface area contributed by atoms with Crippen LogP contribution >= 0.6 is 11.6 Å². The molecule has 0 amide bonds. The lowest BCUT2D eigenvalue weighted by Gasteiger charge is -2.40. The van der Waals surface area contributed by atoms with E-state index in [4.69, 9.17) is 22.3 Å². The molecule has 7 heteroatoms. The summed E-state index contributed by atoms with van der Waals surface area (Å²) in [6.45, 7) is 9.46. The molecular weight excluding hydrogens is 422 g/mol. The fourth-order valence-corrected chi connectivity index (χ4v) is 4.50. The zero-order valence-electron chi connectivity index (χ0n) is 18.9. The van der Waals surface area contributed by atoms with Crippen LogP contribution < -0.4 is 10.6 Å². The molecule has 1 aromatic rings. The molecule has 1 aliphatic carbocycles. The summed E-state index contributed by atoms with van der Waals surface area (Å²) < 4.78 is 0. The van der Waals surface area contributed by atoms with Crippen LogP contribution in [0.25, 0.3) is 0 Å². The summed E-state index contributed by atoms with van der Waals surface area (Å²) in [4.78, 5) is 20.9. The minimum atomic E-state index is -0.636. The summed E-state index contributed by atoms with van der Waals surface area (Å²) in [5, 5.41) is 3.94. The minimum absolute atomic E-state index is 0.161. The Morgan fingerprint density at radius 1 is 1.31 bits per heavy atom. The first-order valence-electron chi connectivity index (χ1n) is 11.0. The van der Waals surface area contributed by atoms with Gasteiger partial charge in [0.05, 0.1) is 5.03 Å². The molecule has 0 aromatic heterocycles. The van der Waals surface area contributed by atoms with Gasteiger partial charge >= 0.3 is 0 Å². The lowest BCUT2D eigenvalue weighted by atomic mass is 9.79. The maximum absolute atomic E-state index is 11.9. The van der Waals surface area contributed by atoms with E-state index in [1.807, 2.05) is 43.0 Å². The first-order valence-corrected chi connectivity index (χ1v) is 11.4. The first-order chi connectivity index (χ1) is 15.5. The second kappa shape index (κ2) is 10.7. The Morgan fingerprint density at radius 2 is 2.03 bits per heavy atom. The number of nitroso groups, excluding NO2 is 1. The lowest BCUT2D eigenvalue weighted by Crippen LogP contribution is -2.47. The number of anilines is 1. The van der Waals surface area contributed by atoms with Gasteiger partial charge in [-0.3, -0.25) is 4.90 Å². The number of para-hydroxylation sites is 1. The predicted octanol–water partition coefficient (Wildman–Crippen LogP) is 5.61. The van der Waals surface area contributed by atoms with Crippen molar-refractivity contribution in [3.05, 3.63) is 82.5 Å². The van der Waals surface area contributed by atoms with Crippen molar-refractivity contribution in [3.63, 3.8) is 0 Å². The van der Waals surface area contributed by atoms with Gasteiger partial charge in [0.15, 0.2) is 5.84 Å². The quantitative estimate of drug-likeness (QED) is 0.331. The highest BCUT2D eigenvalue weighted by molar-refractivity contribution is 6.45. The maximum Gasteiger partial charge on any atom is 0.154 e. The summed E-state index contributed by atoms with van der Waals surface area (Å²) >= 11 is 6.49. The highest BCUT2D eigenvalue weighted by atomic mass is 35.5. The minimum Gasteiger partial charge on any atom is -0.403 e. The van der Waals surface area contributed by atoms with E-state index in [2.05, 4.69) is 34.9 Å². The molecule has 1 heterocycles. The summed E-state index contributed by atoms with van der Waals surface area (Å²) in [6.07, 6.45) is 12.6. The summed E-state index contributed by atoms with van der Waals surface area (Å²) in [6, 6.07) is 7.97. The van der Waals surface area contributed by atoms with E-state index < -0.39 is 5.54 Å². The van der Waals surface area contributed by atoms with Crippen LogP contribution in [0.4, 0.5) is 5.69 Å². The number of nitrogens with two attached hydrogens (primary N) is 1. The number of hydrogen-bond acceptors (Lipinski definition) is 5. The zero-order chi connectivity index (χ0) is 23.1. The predicted molar refractivity (Wildman–Crippen MR) is 135 cm³/mol. The number of halogens is 1. The van der Waals surface area contributed by atoms with Crippen molar-refractivity contribution in [1.82, 2.24) is 4.90 Å². The molecule has 6 nitrogen and oxygen atoms in total.